The van der Waals surface area contributed by atoms with Gasteiger partial charge in [0.05, 0.1) is 10.5 Å². The molecular weight excluding hydrogens is 346 g/mol. The summed E-state index contributed by atoms with van der Waals surface area (Å²) in [4.78, 5) is 22.4. The fourth-order valence-electron chi connectivity index (χ4n) is 1.99. The molecule has 0 bridgehead atoms. The molecule has 126 valence electrons. The maximum Gasteiger partial charge on any atom is 0.281 e. The Balaban J connectivity index is 2.36. The van der Waals surface area contributed by atoms with Crippen LogP contribution >= 0.6 is 11.6 Å². The number of hydrogen-bond donors (Lipinski definition) is 1. The van der Waals surface area contributed by atoms with Crippen LogP contribution in [0.25, 0.3) is 17.4 Å². The molecule has 1 aromatic heterocycles. The van der Waals surface area contributed by atoms with Crippen molar-refractivity contribution in [2.24, 2.45) is 0 Å². The van der Waals surface area contributed by atoms with Crippen LogP contribution in [0.1, 0.15) is 5.76 Å². The average Bonchev–Trinajstić information content (AvgIpc) is 3.05. The molecule has 0 aliphatic rings. The van der Waals surface area contributed by atoms with E-state index < -0.39 is 10.8 Å². The highest BCUT2D eigenvalue weighted by Gasteiger charge is 2.19. The van der Waals surface area contributed by atoms with Crippen molar-refractivity contribution < 1.29 is 14.1 Å². The van der Waals surface area contributed by atoms with E-state index in [9.17, 15) is 14.9 Å². The summed E-state index contributed by atoms with van der Waals surface area (Å²) in [6.07, 6.45) is 2.74. The minimum atomic E-state index is -0.571. The van der Waals surface area contributed by atoms with Gasteiger partial charge in [-0.05, 0) is 24.3 Å². The van der Waals surface area contributed by atoms with Crippen LogP contribution in [0.4, 0.5) is 5.69 Å². The molecule has 0 radical (unpaired) electrons. The van der Waals surface area contributed by atoms with Crippen molar-refractivity contribution in [3.8, 4) is 17.4 Å². The van der Waals surface area contributed by atoms with Crippen LogP contribution in [0.15, 0.2) is 53.0 Å². The van der Waals surface area contributed by atoms with Gasteiger partial charge in [-0.2, -0.15) is 5.26 Å². The molecule has 0 saturated carbocycles. The zero-order valence-corrected chi connectivity index (χ0v) is 13.6. The Morgan fingerprint density at radius 3 is 2.84 bits per heavy atom. The molecular formula is C17H12ClN3O4. The molecule has 0 spiro atoms. The largest absolute Gasteiger partial charge is 0.456 e. The van der Waals surface area contributed by atoms with E-state index in [0.717, 1.165) is 0 Å². The highest BCUT2D eigenvalue weighted by Crippen LogP contribution is 2.33. The van der Waals surface area contributed by atoms with Gasteiger partial charge in [-0.25, -0.2) is 0 Å². The second kappa shape index (κ2) is 7.95. The van der Waals surface area contributed by atoms with Crippen LogP contribution in [0.3, 0.4) is 0 Å². The molecule has 0 fully saturated rings. The number of benzene rings is 1. The monoisotopic (exact) mass is 357 g/mol. The quantitative estimate of drug-likeness (QED) is 0.278. The maximum absolute atomic E-state index is 11.8. The van der Waals surface area contributed by atoms with Crippen LogP contribution in [-0.4, -0.2) is 17.4 Å². The van der Waals surface area contributed by atoms with Crippen LogP contribution in [0.2, 0.25) is 5.02 Å². The van der Waals surface area contributed by atoms with Crippen molar-refractivity contribution in [3.63, 3.8) is 0 Å². The highest BCUT2D eigenvalue weighted by atomic mass is 35.5. The first kappa shape index (κ1) is 18.0. The summed E-state index contributed by atoms with van der Waals surface area (Å²) >= 11 is 5.79. The zero-order chi connectivity index (χ0) is 18.4. The van der Waals surface area contributed by atoms with E-state index in [1.54, 1.807) is 6.07 Å². The fourth-order valence-corrected chi connectivity index (χ4v) is 2.16. The van der Waals surface area contributed by atoms with Gasteiger partial charge in [0.2, 0.25) is 0 Å². The van der Waals surface area contributed by atoms with E-state index in [4.69, 9.17) is 21.3 Å². The minimum Gasteiger partial charge on any atom is -0.456 e. The van der Waals surface area contributed by atoms with Crippen molar-refractivity contribution in [1.82, 2.24) is 5.32 Å². The molecule has 1 heterocycles. The van der Waals surface area contributed by atoms with E-state index in [-0.39, 0.29) is 39.9 Å². The number of furan rings is 1. The minimum absolute atomic E-state index is 0.159. The first-order chi connectivity index (χ1) is 12.0. The Morgan fingerprint density at radius 1 is 1.44 bits per heavy atom. The number of carbonyl (C=O) groups is 1. The van der Waals surface area contributed by atoms with Crippen molar-refractivity contribution in [1.29, 1.82) is 5.26 Å². The molecule has 8 heteroatoms. The van der Waals surface area contributed by atoms with Crippen molar-refractivity contribution in [3.05, 3.63) is 69.5 Å². The molecule has 0 unspecified atom stereocenters. The van der Waals surface area contributed by atoms with Gasteiger partial charge in [0.25, 0.3) is 11.6 Å². The number of amides is 1. The average molecular weight is 358 g/mol. The molecule has 0 aliphatic carbocycles. The molecule has 1 aromatic carbocycles. The second-order valence-corrected chi connectivity index (χ2v) is 5.23. The predicted octanol–water partition coefficient (Wildman–Crippen LogP) is 3.72. The predicted molar refractivity (Wildman–Crippen MR) is 92.6 cm³/mol. The van der Waals surface area contributed by atoms with Gasteiger partial charge < -0.3 is 9.73 Å². The van der Waals surface area contributed by atoms with Gasteiger partial charge in [-0.15, -0.1) is 6.58 Å². The van der Waals surface area contributed by atoms with Gasteiger partial charge in [0.15, 0.2) is 0 Å². The Morgan fingerprint density at radius 2 is 2.20 bits per heavy atom. The first-order valence-corrected chi connectivity index (χ1v) is 7.39. The molecule has 1 N–H and O–H groups in total. The number of nitrogens with one attached hydrogen (secondary N) is 1. The summed E-state index contributed by atoms with van der Waals surface area (Å²) in [7, 11) is 0. The summed E-state index contributed by atoms with van der Waals surface area (Å²) in [5.41, 5.74) is -0.126. The Bertz CT molecular complexity index is 909. The van der Waals surface area contributed by atoms with Gasteiger partial charge >= 0.3 is 0 Å². The molecule has 2 rings (SSSR count). The smallest absolute Gasteiger partial charge is 0.281 e. The number of rotatable bonds is 6. The lowest BCUT2D eigenvalue weighted by atomic mass is 10.1. The fraction of sp³-hybridized carbons (Fsp3) is 0.0588. The third-order valence-electron chi connectivity index (χ3n) is 3.11. The number of hydrogen-bond acceptors (Lipinski definition) is 5. The lowest BCUT2D eigenvalue weighted by molar-refractivity contribution is -0.384. The van der Waals surface area contributed by atoms with E-state index >= 15 is 0 Å². The van der Waals surface area contributed by atoms with E-state index in [0.29, 0.717) is 0 Å². The van der Waals surface area contributed by atoms with Gasteiger partial charge in [-0.3, -0.25) is 14.9 Å². The summed E-state index contributed by atoms with van der Waals surface area (Å²) in [5.74, 6) is -0.138. The van der Waals surface area contributed by atoms with Gasteiger partial charge in [0, 0.05) is 23.7 Å². The molecule has 0 aliphatic heterocycles. The Labute approximate surface area is 148 Å². The third-order valence-corrected chi connectivity index (χ3v) is 3.34. The Hall–Kier alpha value is -3.37. The van der Waals surface area contributed by atoms with Crippen LogP contribution < -0.4 is 5.32 Å². The van der Waals surface area contributed by atoms with E-state index in [1.807, 2.05) is 0 Å². The lowest BCUT2D eigenvalue weighted by Gasteiger charge is -2.01. The van der Waals surface area contributed by atoms with Crippen LogP contribution in [-0.2, 0) is 4.79 Å². The lowest BCUT2D eigenvalue weighted by Crippen LogP contribution is -2.24. The van der Waals surface area contributed by atoms with Crippen molar-refractivity contribution in [2.75, 3.05) is 6.54 Å². The van der Waals surface area contributed by atoms with Crippen molar-refractivity contribution in [2.45, 2.75) is 0 Å². The highest BCUT2D eigenvalue weighted by molar-refractivity contribution is 6.30. The number of carbonyl (C=O) groups excluding carboxylic acids is 1. The maximum atomic E-state index is 11.8. The summed E-state index contributed by atoms with van der Waals surface area (Å²) in [5, 5.41) is 22.9. The van der Waals surface area contributed by atoms with Crippen LogP contribution in [0, 0.1) is 21.4 Å². The number of nitro groups is 1. The summed E-state index contributed by atoms with van der Waals surface area (Å²) in [6, 6.07) is 8.99. The molecule has 0 saturated heterocycles. The molecule has 0 atom stereocenters. The third kappa shape index (κ3) is 4.34. The van der Waals surface area contributed by atoms with Gasteiger partial charge in [0.1, 0.15) is 23.2 Å². The summed E-state index contributed by atoms with van der Waals surface area (Å²) < 4.78 is 5.51. The van der Waals surface area contributed by atoms with Crippen LogP contribution in [0.5, 0.6) is 0 Å². The normalized spacial score (nSPS) is 10.8. The molecule has 1 amide bonds. The standard InChI is InChI=1S/C17H12ClN3O4/c1-2-7-20-17(22)11(10-19)8-13-4-6-16(25-13)14-5-3-12(18)9-15(14)21(23)24/h2-6,8-9H,1,7H2,(H,20,22)/b11-8+. The second-order valence-electron chi connectivity index (χ2n) is 4.79. The molecule has 2 aromatic rings. The van der Waals surface area contributed by atoms with E-state index in [1.165, 1.54) is 42.5 Å². The van der Waals surface area contributed by atoms with Crippen molar-refractivity contribution >= 4 is 29.3 Å². The molecule has 7 nitrogen and oxygen atoms in total. The topological polar surface area (TPSA) is 109 Å². The summed E-state index contributed by atoms with van der Waals surface area (Å²) in [6.45, 7) is 3.69. The number of nitriles is 1. The first-order valence-electron chi connectivity index (χ1n) is 7.01. The number of halogens is 1. The SMILES string of the molecule is C=CCNC(=O)/C(C#N)=C/c1ccc(-c2ccc(Cl)cc2[N+](=O)[O-])o1. The van der Waals surface area contributed by atoms with Gasteiger partial charge in [-0.1, -0.05) is 17.7 Å². The Kier molecular flexibility index (Phi) is 5.71. The zero-order valence-electron chi connectivity index (χ0n) is 12.9. The number of nitrogens with zero attached hydrogens (tertiary/aromatic N) is 2. The number of nitro benzene ring substituents is 1. The molecule has 25 heavy (non-hydrogen) atoms. The van der Waals surface area contributed by atoms with E-state index in [2.05, 4.69) is 11.9 Å².